The molecule has 1 unspecified atom stereocenters. The molecule has 1 atom stereocenters. The Balaban J connectivity index is 1.64. The minimum absolute atomic E-state index is 0.0249. The van der Waals surface area contributed by atoms with E-state index in [0.717, 1.165) is 0 Å². The van der Waals surface area contributed by atoms with Gasteiger partial charge in [-0.2, -0.15) is 0 Å². The fraction of sp³-hybridized carbons (Fsp3) is 0.282. The molecule has 4 rings (SSSR count). The molecular weight excluding hydrogens is 675 g/mol. The van der Waals surface area contributed by atoms with Crippen LogP contribution in [0, 0.1) is 5.82 Å². The minimum Gasteiger partial charge on any atom is -0.454 e. The highest BCUT2D eigenvalue weighted by atomic mass is 35.5. The zero-order valence-corrected chi connectivity index (χ0v) is 30.0. The molecule has 0 fully saturated rings. The van der Waals surface area contributed by atoms with Gasteiger partial charge in [0, 0.05) is 37.7 Å². The maximum atomic E-state index is 14.3. The molecule has 0 radical (unpaired) electrons. The van der Waals surface area contributed by atoms with E-state index in [4.69, 9.17) is 21.1 Å². The first kappa shape index (κ1) is 38.5. The van der Waals surface area contributed by atoms with Crippen LogP contribution in [-0.4, -0.2) is 35.3 Å². The molecule has 0 aliphatic heterocycles. The van der Waals surface area contributed by atoms with E-state index in [1.165, 1.54) is 19.1 Å². The van der Waals surface area contributed by atoms with Crippen LogP contribution in [0.3, 0.4) is 0 Å². The zero-order valence-electron chi connectivity index (χ0n) is 29.2. The van der Waals surface area contributed by atoms with Gasteiger partial charge in [0.15, 0.2) is 11.5 Å². The number of hydrogen-bond acceptors (Lipinski definition) is 7. The first-order valence-electron chi connectivity index (χ1n) is 16.5. The predicted molar refractivity (Wildman–Crippen MR) is 196 cm³/mol. The molecule has 0 bridgehead atoms. The number of ketones is 1. The van der Waals surface area contributed by atoms with Crippen LogP contribution < -0.4 is 26.0 Å². The van der Waals surface area contributed by atoms with Crippen LogP contribution in [0.2, 0.25) is 5.02 Å². The predicted octanol–water partition coefficient (Wildman–Crippen LogP) is 8.19. The van der Waals surface area contributed by atoms with Gasteiger partial charge in [-0.15, -0.1) is 0 Å². The van der Waals surface area contributed by atoms with Gasteiger partial charge in [0.1, 0.15) is 17.2 Å². The van der Waals surface area contributed by atoms with Crippen molar-refractivity contribution in [1.82, 2.24) is 10.6 Å². The van der Waals surface area contributed by atoms with Crippen LogP contribution in [-0.2, 0) is 33.8 Å². The monoisotopic (exact) mass is 716 g/mol. The number of rotatable bonds is 14. The fourth-order valence-corrected chi connectivity index (χ4v) is 5.30. The average Bonchev–Trinajstić information content (AvgIpc) is 3.06. The maximum absolute atomic E-state index is 14.3. The van der Waals surface area contributed by atoms with E-state index in [1.54, 1.807) is 93.6 Å². The van der Waals surface area contributed by atoms with Gasteiger partial charge < -0.3 is 30.7 Å². The minimum atomic E-state index is -0.711. The number of carbonyl (C=O) groups excluding carboxylic acids is 4. The number of anilines is 2. The highest BCUT2D eigenvalue weighted by molar-refractivity contribution is 6.34. The van der Waals surface area contributed by atoms with Gasteiger partial charge in [-0.25, -0.2) is 9.18 Å². The van der Waals surface area contributed by atoms with Gasteiger partial charge in [-0.05, 0) is 80.8 Å². The molecule has 4 N–H and O–H groups in total. The van der Waals surface area contributed by atoms with Crippen molar-refractivity contribution in [2.75, 3.05) is 10.6 Å². The summed E-state index contributed by atoms with van der Waals surface area (Å²) in [6, 6.07) is 22.3. The van der Waals surface area contributed by atoms with E-state index in [0.29, 0.717) is 34.5 Å². The van der Waals surface area contributed by atoms with Crippen molar-refractivity contribution >= 4 is 46.7 Å². The summed E-state index contributed by atoms with van der Waals surface area (Å²) in [4.78, 5) is 51.2. The lowest BCUT2D eigenvalue weighted by molar-refractivity contribution is -0.118. The second-order valence-electron chi connectivity index (χ2n) is 12.8. The third-order valence-electron chi connectivity index (χ3n) is 7.46. The Labute approximate surface area is 302 Å². The van der Waals surface area contributed by atoms with E-state index >= 15 is 0 Å². The third kappa shape index (κ3) is 11.7. The Morgan fingerprint density at radius 1 is 0.863 bits per heavy atom. The smallest absolute Gasteiger partial charge is 0.407 e. The highest BCUT2D eigenvalue weighted by Gasteiger charge is 2.25. The molecule has 268 valence electrons. The Morgan fingerprint density at radius 3 is 2.25 bits per heavy atom. The number of benzene rings is 4. The Bertz CT molecular complexity index is 1880. The zero-order chi connectivity index (χ0) is 37.1. The van der Waals surface area contributed by atoms with Gasteiger partial charge in [0.2, 0.25) is 11.8 Å². The number of ether oxygens (including phenoxy) is 2. The number of hydrogen-bond donors (Lipinski definition) is 4. The lowest BCUT2D eigenvalue weighted by atomic mass is 10.0. The van der Waals surface area contributed by atoms with E-state index in [-0.39, 0.29) is 59.0 Å². The van der Waals surface area contributed by atoms with Crippen molar-refractivity contribution in [1.29, 1.82) is 0 Å². The van der Waals surface area contributed by atoms with Gasteiger partial charge in [-0.3, -0.25) is 14.4 Å². The first-order valence-corrected chi connectivity index (χ1v) is 16.8. The van der Waals surface area contributed by atoms with Gasteiger partial charge >= 0.3 is 6.09 Å². The fourth-order valence-electron chi connectivity index (χ4n) is 5.05. The average molecular weight is 717 g/mol. The van der Waals surface area contributed by atoms with Crippen LogP contribution in [0.15, 0.2) is 84.9 Å². The molecule has 3 amide bonds. The van der Waals surface area contributed by atoms with E-state index in [2.05, 4.69) is 21.3 Å². The van der Waals surface area contributed by atoms with Crippen molar-refractivity contribution in [3.63, 3.8) is 0 Å². The van der Waals surface area contributed by atoms with Gasteiger partial charge in [0.05, 0.1) is 22.3 Å². The van der Waals surface area contributed by atoms with Gasteiger partial charge in [-0.1, -0.05) is 61.0 Å². The molecule has 0 aliphatic rings. The molecule has 4 aromatic carbocycles. The number of nitrogens with one attached hydrogen (secondary N) is 4. The van der Waals surface area contributed by atoms with Crippen molar-refractivity contribution < 1.29 is 33.0 Å². The number of alkyl carbamates (subject to hydrolysis) is 1. The Morgan fingerprint density at radius 2 is 1.59 bits per heavy atom. The van der Waals surface area contributed by atoms with Crippen molar-refractivity contribution in [2.45, 2.75) is 72.2 Å². The van der Waals surface area contributed by atoms with E-state index in [1.807, 2.05) is 6.92 Å². The quantitative estimate of drug-likeness (QED) is 0.0967. The van der Waals surface area contributed by atoms with Crippen LogP contribution in [0.1, 0.15) is 68.1 Å². The topological polar surface area (TPSA) is 135 Å². The van der Waals surface area contributed by atoms with Crippen LogP contribution in [0.5, 0.6) is 11.5 Å². The number of Topliss-reactive ketones (excluding diaryl/α,β-unsaturated/α-hetero) is 1. The van der Waals surface area contributed by atoms with Crippen molar-refractivity contribution in [3.05, 3.63) is 118 Å². The summed E-state index contributed by atoms with van der Waals surface area (Å²) in [6.45, 7) is 8.79. The first-order chi connectivity index (χ1) is 24.2. The largest absolute Gasteiger partial charge is 0.454 e. The van der Waals surface area contributed by atoms with Crippen LogP contribution >= 0.6 is 11.6 Å². The highest BCUT2D eigenvalue weighted by Crippen LogP contribution is 2.39. The normalized spacial score (nSPS) is 11.7. The second-order valence-corrected chi connectivity index (χ2v) is 13.2. The summed E-state index contributed by atoms with van der Waals surface area (Å²) < 4.78 is 25.9. The SMILES string of the molecule is CCC(NCc1ccccc1F)C(=O)Nc1ccc(Cl)c(C(=O)Cc2ccc(NC(C)=O)cc2)c1Oc1cccc(CNC(=O)OC(C)(C)C)c1. The molecular formula is C39H42ClFN4O6. The summed E-state index contributed by atoms with van der Waals surface area (Å²) in [5.74, 6) is -1.07. The maximum Gasteiger partial charge on any atom is 0.407 e. The summed E-state index contributed by atoms with van der Waals surface area (Å²) in [6.07, 6.45) is -0.257. The van der Waals surface area contributed by atoms with Crippen molar-refractivity contribution in [3.8, 4) is 11.5 Å². The number of halogens is 2. The molecule has 51 heavy (non-hydrogen) atoms. The third-order valence-corrected chi connectivity index (χ3v) is 7.77. The summed E-state index contributed by atoms with van der Waals surface area (Å²) >= 11 is 6.67. The number of carbonyl (C=O) groups is 4. The lowest BCUT2D eigenvalue weighted by Gasteiger charge is -2.21. The number of amides is 3. The molecule has 0 aliphatic carbocycles. The lowest BCUT2D eigenvalue weighted by Crippen LogP contribution is -2.39. The second kappa shape index (κ2) is 17.6. The summed E-state index contributed by atoms with van der Waals surface area (Å²) in [5.41, 5.74) is 1.91. The molecule has 0 saturated carbocycles. The summed E-state index contributed by atoms with van der Waals surface area (Å²) in [7, 11) is 0. The van der Waals surface area contributed by atoms with E-state index in [9.17, 15) is 23.6 Å². The standard InChI is InChI=1S/C39H42ClFN4O6/c1-6-32(42-23-27-11-7-8-13-31(27)41)37(48)45-33-19-18-30(40)35(34(47)21-25-14-16-28(17-15-25)44-24(2)46)36(33)50-29-12-9-10-26(20-29)22-43-38(49)51-39(3,4)5/h7-20,32,42H,6,21-23H2,1-5H3,(H,43,49)(H,44,46)(H,45,48). The van der Waals surface area contributed by atoms with Crippen molar-refractivity contribution in [2.24, 2.45) is 0 Å². The molecule has 0 aromatic heterocycles. The van der Waals surface area contributed by atoms with Gasteiger partial charge in [0.25, 0.3) is 0 Å². The Kier molecular flexibility index (Phi) is 13.3. The van der Waals surface area contributed by atoms with E-state index < -0.39 is 23.6 Å². The molecule has 0 spiro atoms. The van der Waals surface area contributed by atoms with Crippen LogP contribution in [0.25, 0.3) is 0 Å². The summed E-state index contributed by atoms with van der Waals surface area (Å²) in [5, 5.41) is 11.5. The molecule has 4 aromatic rings. The molecule has 0 heterocycles. The van der Waals surface area contributed by atoms with Crippen LogP contribution in [0.4, 0.5) is 20.6 Å². The molecule has 0 saturated heterocycles. The Hall–Kier alpha value is -5.26. The molecule has 12 heteroatoms. The molecule has 10 nitrogen and oxygen atoms in total.